The van der Waals surface area contributed by atoms with Gasteiger partial charge in [0.1, 0.15) is 12.2 Å². The van der Waals surface area contributed by atoms with Crippen molar-refractivity contribution in [3.63, 3.8) is 0 Å². The molecule has 3 rings (SSSR count). The van der Waals surface area contributed by atoms with E-state index in [9.17, 15) is 16.8 Å². The Labute approximate surface area is 184 Å². The first-order valence-corrected chi connectivity index (χ1v) is 13.0. The second-order valence-corrected chi connectivity index (χ2v) is 11.0. The predicted molar refractivity (Wildman–Crippen MR) is 116 cm³/mol. The van der Waals surface area contributed by atoms with Crippen LogP contribution in [0.15, 0.2) is 58.3 Å². The molecule has 2 aromatic rings. The molecule has 170 valence electrons. The SMILES string of the molecule is CC[C@@H](OS(=O)(=O)c1ccc(C)cc1)[C@H]1OC[C@H](OS(=O)(=O)c2ccc(C)cc2)[C@H]1C. The Morgan fingerprint density at radius 3 is 1.87 bits per heavy atom. The molecule has 0 radical (unpaired) electrons. The fourth-order valence-corrected chi connectivity index (χ4v) is 5.77. The van der Waals surface area contributed by atoms with Crippen molar-refractivity contribution in [2.24, 2.45) is 5.92 Å². The van der Waals surface area contributed by atoms with Gasteiger partial charge in [-0.3, -0.25) is 8.37 Å². The van der Waals surface area contributed by atoms with Crippen LogP contribution in [-0.2, 0) is 33.3 Å². The first kappa shape index (κ1) is 23.9. The molecule has 4 atom stereocenters. The van der Waals surface area contributed by atoms with Gasteiger partial charge >= 0.3 is 0 Å². The highest BCUT2D eigenvalue weighted by molar-refractivity contribution is 7.87. The predicted octanol–water partition coefficient (Wildman–Crippen LogP) is 3.60. The van der Waals surface area contributed by atoms with E-state index in [1.165, 1.54) is 24.3 Å². The molecule has 0 saturated carbocycles. The van der Waals surface area contributed by atoms with Crippen molar-refractivity contribution in [3.8, 4) is 0 Å². The van der Waals surface area contributed by atoms with Crippen LogP contribution in [0.4, 0.5) is 0 Å². The maximum Gasteiger partial charge on any atom is 0.297 e. The number of hydrogen-bond donors (Lipinski definition) is 0. The summed E-state index contributed by atoms with van der Waals surface area (Å²) in [5.74, 6) is -0.390. The molecule has 1 saturated heterocycles. The molecule has 9 heteroatoms. The fraction of sp³-hybridized carbons (Fsp3) is 0.455. The van der Waals surface area contributed by atoms with Crippen molar-refractivity contribution in [1.82, 2.24) is 0 Å². The van der Waals surface area contributed by atoms with E-state index in [0.717, 1.165) is 11.1 Å². The number of benzene rings is 2. The van der Waals surface area contributed by atoms with Crippen molar-refractivity contribution in [1.29, 1.82) is 0 Å². The quantitative estimate of drug-likeness (QED) is 0.546. The van der Waals surface area contributed by atoms with Crippen LogP contribution in [0.5, 0.6) is 0 Å². The minimum absolute atomic E-state index is 0.0291. The van der Waals surface area contributed by atoms with Crippen LogP contribution in [0.1, 0.15) is 31.4 Å². The Bertz CT molecular complexity index is 1090. The smallest absolute Gasteiger partial charge is 0.297 e. The molecule has 7 nitrogen and oxygen atoms in total. The highest BCUT2D eigenvalue weighted by Gasteiger charge is 2.43. The van der Waals surface area contributed by atoms with Crippen molar-refractivity contribution in [3.05, 3.63) is 59.7 Å². The summed E-state index contributed by atoms with van der Waals surface area (Å²) >= 11 is 0. The third kappa shape index (κ3) is 5.53. The zero-order valence-electron chi connectivity index (χ0n) is 18.0. The fourth-order valence-electron chi connectivity index (χ4n) is 3.48. The lowest BCUT2D eigenvalue weighted by Gasteiger charge is -2.25. The Morgan fingerprint density at radius 1 is 0.903 bits per heavy atom. The monoisotopic (exact) mass is 468 g/mol. The average Bonchev–Trinajstić information content (AvgIpc) is 3.06. The van der Waals surface area contributed by atoms with Crippen LogP contribution in [0, 0.1) is 19.8 Å². The van der Waals surface area contributed by atoms with Gasteiger partial charge in [0, 0.05) is 5.92 Å². The molecule has 0 amide bonds. The summed E-state index contributed by atoms with van der Waals surface area (Å²) in [6.45, 7) is 7.33. The van der Waals surface area contributed by atoms with Gasteiger partial charge in [-0.2, -0.15) is 16.8 Å². The largest absolute Gasteiger partial charge is 0.372 e. The minimum atomic E-state index is -3.99. The summed E-state index contributed by atoms with van der Waals surface area (Å²) in [6, 6.07) is 12.8. The van der Waals surface area contributed by atoms with Crippen LogP contribution in [0.2, 0.25) is 0 Å². The number of ether oxygens (including phenoxy) is 1. The Balaban J connectivity index is 1.71. The summed E-state index contributed by atoms with van der Waals surface area (Å²) in [7, 11) is -7.96. The number of rotatable bonds is 8. The van der Waals surface area contributed by atoms with Crippen LogP contribution in [0.3, 0.4) is 0 Å². The molecule has 0 unspecified atom stereocenters. The van der Waals surface area contributed by atoms with Gasteiger partial charge < -0.3 is 4.74 Å². The Hall–Kier alpha value is -1.78. The lowest BCUT2D eigenvalue weighted by Crippen LogP contribution is -2.36. The molecular weight excluding hydrogens is 440 g/mol. The number of aryl methyl sites for hydroxylation is 2. The molecular formula is C22H28O7S2. The van der Waals surface area contributed by atoms with Gasteiger partial charge in [-0.15, -0.1) is 0 Å². The van der Waals surface area contributed by atoms with Gasteiger partial charge in [0.15, 0.2) is 0 Å². The molecule has 1 aliphatic heterocycles. The van der Waals surface area contributed by atoms with E-state index in [0.29, 0.717) is 6.42 Å². The zero-order chi connectivity index (χ0) is 22.8. The third-order valence-corrected chi connectivity index (χ3v) is 8.15. The molecule has 1 aliphatic rings. The molecule has 0 aliphatic carbocycles. The van der Waals surface area contributed by atoms with Crippen LogP contribution < -0.4 is 0 Å². The van der Waals surface area contributed by atoms with Gasteiger partial charge in [0.25, 0.3) is 20.2 Å². The molecule has 1 fully saturated rings. The zero-order valence-corrected chi connectivity index (χ0v) is 19.6. The highest BCUT2D eigenvalue weighted by atomic mass is 32.2. The third-order valence-electron chi connectivity index (χ3n) is 5.45. The molecule has 2 aromatic carbocycles. The molecule has 31 heavy (non-hydrogen) atoms. The van der Waals surface area contributed by atoms with Gasteiger partial charge in [-0.1, -0.05) is 49.2 Å². The first-order chi connectivity index (χ1) is 14.5. The van der Waals surface area contributed by atoms with E-state index < -0.39 is 44.5 Å². The van der Waals surface area contributed by atoms with Crippen LogP contribution in [0.25, 0.3) is 0 Å². The summed E-state index contributed by atoms with van der Waals surface area (Å²) in [5.41, 5.74) is 1.88. The van der Waals surface area contributed by atoms with Crippen molar-refractivity contribution in [2.75, 3.05) is 6.61 Å². The van der Waals surface area contributed by atoms with E-state index in [-0.39, 0.29) is 16.4 Å². The van der Waals surface area contributed by atoms with Crippen molar-refractivity contribution < 1.29 is 29.9 Å². The maximum absolute atomic E-state index is 12.7. The van der Waals surface area contributed by atoms with Gasteiger partial charge in [-0.05, 0) is 44.5 Å². The normalized spacial score (nSPS) is 23.0. The van der Waals surface area contributed by atoms with Crippen LogP contribution in [-0.4, -0.2) is 41.8 Å². The lowest BCUT2D eigenvalue weighted by molar-refractivity contribution is -0.00158. The summed E-state index contributed by atoms with van der Waals surface area (Å²) < 4.78 is 67.3. The van der Waals surface area contributed by atoms with E-state index in [1.54, 1.807) is 38.1 Å². The molecule has 0 N–H and O–H groups in total. The van der Waals surface area contributed by atoms with Crippen LogP contribution >= 0.6 is 0 Å². The molecule has 0 aromatic heterocycles. The minimum Gasteiger partial charge on any atom is -0.372 e. The lowest BCUT2D eigenvalue weighted by atomic mass is 9.96. The van der Waals surface area contributed by atoms with E-state index in [4.69, 9.17) is 13.1 Å². The second kappa shape index (κ2) is 9.38. The van der Waals surface area contributed by atoms with E-state index in [1.807, 2.05) is 13.8 Å². The highest BCUT2D eigenvalue weighted by Crippen LogP contribution is 2.32. The van der Waals surface area contributed by atoms with Gasteiger partial charge in [-0.25, -0.2) is 0 Å². The molecule has 0 spiro atoms. The average molecular weight is 469 g/mol. The second-order valence-electron chi connectivity index (χ2n) is 7.87. The Kier molecular flexibility index (Phi) is 7.22. The van der Waals surface area contributed by atoms with E-state index >= 15 is 0 Å². The topological polar surface area (TPSA) is 96.0 Å². The van der Waals surface area contributed by atoms with Crippen molar-refractivity contribution >= 4 is 20.2 Å². The first-order valence-electron chi connectivity index (χ1n) is 10.1. The van der Waals surface area contributed by atoms with Crippen molar-refractivity contribution in [2.45, 2.75) is 62.2 Å². The number of hydrogen-bond acceptors (Lipinski definition) is 7. The standard InChI is InChI=1S/C22H28O7S2/c1-5-20(28-30(23,24)18-10-6-15(2)7-11-18)22-17(4)21(14-27-22)29-31(25,26)19-12-8-16(3)9-13-19/h6-13,17,20-22H,5,14H2,1-4H3/t17-,20-,21+,22+/m1/s1. The summed E-state index contributed by atoms with van der Waals surface area (Å²) in [4.78, 5) is 0.135. The summed E-state index contributed by atoms with van der Waals surface area (Å²) in [5, 5.41) is 0. The Morgan fingerprint density at radius 2 is 1.39 bits per heavy atom. The van der Waals surface area contributed by atoms with Gasteiger partial charge in [0.2, 0.25) is 0 Å². The molecule has 1 heterocycles. The molecule has 0 bridgehead atoms. The van der Waals surface area contributed by atoms with Gasteiger partial charge in [0.05, 0.1) is 22.5 Å². The summed E-state index contributed by atoms with van der Waals surface area (Å²) in [6.07, 6.45) is -1.76. The van der Waals surface area contributed by atoms with E-state index in [2.05, 4.69) is 0 Å². The maximum atomic E-state index is 12.7.